The first-order valence-corrected chi connectivity index (χ1v) is 13.5. The Morgan fingerprint density at radius 3 is 2.39 bits per heavy atom. The molecule has 0 unspecified atom stereocenters. The summed E-state index contributed by atoms with van der Waals surface area (Å²) in [7, 11) is -4.24. The molecule has 9 nitrogen and oxygen atoms in total. The molecule has 0 aliphatic heterocycles. The van der Waals surface area contributed by atoms with Crippen molar-refractivity contribution in [2.45, 2.75) is 56.8 Å². The van der Waals surface area contributed by atoms with E-state index >= 15 is 0 Å². The van der Waals surface area contributed by atoms with Gasteiger partial charge in [-0.15, -0.1) is 0 Å². The van der Waals surface area contributed by atoms with Crippen LogP contribution < -0.4 is 16.2 Å². The van der Waals surface area contributed by atoms with Gasteiger partial charge in [-0.25, -0.2) is 4.99 Å². The van der Waals surface area contributed by atoms with E-state index in [9.17, 15) is 18.1 Å². The maximum absolute atomic E-state index is 12.0. The highest BCUT2D eigenvalue weighted by molar-refractivity contribution is 7.86. The molecular formula is C26H37N3O6S. The number of benzene rings is 2. The van der Waals surface area contributed by atoms with Crippen molar-refractivity contribution in [2.24, 2.45) is 16.5 Å². The van der Waals surface area contributed by atoms with E-state index in [0.29, 0.717) is 18.8 Å². The summed E-state index contributed by atoms with van der Waals surface area (Å²) in [5.41, 5.74) is 12.3. The Morgan fingerprint density at radius 2 is 1.78 bits per heavy atom. The number of guanidine groups is 1. The number of nitrogens with zero attached hydrogens (tertiary/aromatic N) is 1. The highest BCUT2D eigenvalue weighted by atomic mass is 32.2. The van der Waals surface area contributed by atoms with E-state index in [1.807, 2.05) is 12.1 Å². The fourth-order valence-electron chi connectivity index (χ4n) is 3.49. The van der Waals surface area contributed by atoms with Crippen molar-refractivity contribution >= 4 is 16.1 Å². The Bertz CT molecular complexity index is 1070. The number of ether oxygens (including phenoxy) is 2. The average Bonchev–Trinajstić information content (AvgIpc) is 2.83. The second-order valence-corrected chi connectivity index (χ2v) is 10.1. The lowest BCUT2D eigenvalue weighted by Gasteiger charge is -2.16. The van der Waals surface area contributed by atoms with Gasteiger partial charge in [-0.05, 0) is 61.1 Å². The van der Waals surface area contributed by atoms with Crippen LogP contribution in [0.2, 0.25) is 0 Å². The van der Waals surface area contributed by atoms with Crippen molar-refractivity contribution in [3.05, 3.63) is 71.8 Å². The second kappa shape index (κ2) is 15.1. The first-order chi connectivity index (χ1) is 17.2. The Labute approximate surface area is 213 Å². The number of unbranched alkanes of at least 4 members (excludes halogenated alkanes) is 2. The first kappa shape index (κ1) is 29.2. The summed E-state index contributed by atoms with van der Waals surface area (Å²) in [6, 6.07) is 13.9. The number of aliphatic imine (C=N–C) groups is 1. The van der Waals surface area contributed by atoms with Gasteiger partial charge in [-0.2, -0.15) is 8.42 Å². The van der Waals surface area contributed by atoms with Gasteiger partial charge in [0.15, 0.2) is 12.7 Å². The molecule has 198 valence electrons. The minimum absolute atomic E-state index is 0.00625. The predicted octanol–water partition coefficient (Wildman–Crippen LogP) is 4.09. The normalized spacial score (nSPS) is 13.4. The van der Waals surface area contributed by atoms with Crippen molar-refractivity contribution in [2.75, 3.05) is 13.3 Å². The van der Waals surface area contributed by atoms with Gasteiger partial charge in [0.1, 0.15) is 17.6 Å². The highest BCUT2D eigenvalue weighted by Crippen LogP contribution is 2.24. The molecule has 0 amide bonds. The Kier molecular flexibility index (Phi) is 12.2. The van der Waals surface area contributed by atoms with Crippen LogP contribution in [-0.4, -0.2) is 42.6 Å². The molecule has 2 atom stereocenters. The number of rotatable bonds is 16. The van der Waals surface area contributed by atoms with Crippen LogP contribution in [0, 0.1) is 0 Å². The number of hydrogen-bond acceptors (Lipinski definition) is 6. The number of aromatic hydroxyl groups is 1. The van der Waals surface area contributed by atoms with Gasteiger partial charge in [-0.1, -0.05) is 56.2 Å². The Hall–Kier alpha value is -3.08. The third-order valence-corrected chi connectivity index (χ3v) is 6.83. The standard InChI is InChI=1S/C26H37N3O6S/c1-2-3-4-18-34-25(21-11-13-22(30)14-12-21)7-5-6-24(36(31,32)33)17-10-20-8-15-23(16-9-20)35-19-29-26(27)28/h5,7-9,11-16,24-25,30H,2-4,6,10,17-19H2,1H3,(H4,27,28,29)(H,31,32,33)/b7-5+/t24-,25+/m0/s1. The molecule has 10 heteroatoms. The molecule has 0 fully saturated rings. The summed E-state index contributed by atoms with van der Waals surface area (Å²) in [5.74, 6) is 0.679. The fraction of sp³-hybridized carbons (Fsp3) is 0.423. The Morgan fingerprint density at radius 1 is 1.08 bits per heavy atom. The molecule has 0 saturated carbocycles. The topological polar surface area (TPSA) is 157 Å². The van der Waals surface area contributed by atoms with Gasteiger partial charge in [0.05, 0.1) is 5.25 Å². The molecule has 0 spiro atoms. The molecule has 2 rings (SSSR count). The fourth-order valence-corrected chi connectivity index (χ4v) is 4.26. The van der Waals surface area contributed by atoms with Crippen LogP contribution in [0.25, 0.3) is 0 Å². The number of aryl methyl sites for hydroxylation is 1. The second-order valence-electron chi connectivity index (χ2n) is 8.43. The van der Waals surface area contributed by atoms with Crippen LogP contribution in [0.1, 0.15) is 56.3 Å². The summed E-state index contributed by atoms with van der Waals surface area (Å²) in [6.45, 7) is 2.69. The molecule has 2 aromatic rings. The SMILES string of the molecule is CCCCCO[C@H](/C=C/C[C@@H](CCc1ccc(OCN=C(N)N)cc1)S(=O)(=O)O)c1ccc(O)cc1. The minimum Gasteiger partial charge on any atom is -0.508 e. The molecule has 0 radical (unpaired) electrons. The third kappa shape index (κ3) is 11.1. The van der Waals surface area contributed by atoms with Gasteiger partial charge in [0, 0.05) is 6.61 Å². The lowest BCUT2D eigenvalue weighted by Crippen LogP contribution is -2.23. The van der Waals surface area contributed by atoms with Gasteiger partial charge in [-0.3, -0.25) is 4.55 Å². The van der Waals surface area contributed by atoms with Crippen LogP contribution in [0.5, 0.6) is 11.5 Å². The zero-order valence-electron chi connectivity index (χ0n) is 20.6. The van der Waals surface area contributed by atoms with Gasteiger partial charge < -0.3 is 26.0 Å². The molecular weight excluding hydrogens is 482 g/mol. The van der Waals surface area contributed by atoms with Gasteiger partial charge in [0.25, 0.3) is 10.1 Å². The molecule has 0 heterocycles. The van der Waals surface area contributed by atoms with E-state index < -0.39 is 15.4 Å². The summed E-state index contributed by atoms with van der Waals surface area (Å²) < 4.78 is 45.2. The molecule has 36 heavy (non-hydrogen) atoms. The zero-order valence-corrected chi connectivity index (χ0v) is 21.4. The molecule has 0 aromatic heterocycles. The molecule has 0 aliphatic rings. The number of hydrogen-bond donors (Lipinski definition) is 4. The minimum atomic E-state index is -4.24. The van der Waals surface area contributed by atoms with E-state index in [1.54, 1.807) is 48.6 Å². The zero-order chi connectivity index (χ0) is 26.4. The van der Waals surface area contributed by atoms with Crippen LogP contribution >= 0.6 is 0 Å². The largest absolute Gasteiger partial charge is 0.508 e. The van der Waals surface area contributed by atoms with Gasteiger partial charge >= 0.3 is 0 Å². The molecule has 0 bridgehead atoms. The van der Waals surface area contributed by atoms with Crippen molar-refractivity contribution in [3.8, 4) is 11.5 Å². The van der Waals surface area contributed by atoms with Crippen molar-refractivity contribution in [1.29, 1.82) is 0 Å². The first-order valence-electron chi connectivity index (χ1n) is 12.0. The van der Waals surface area contributed by atoms with E-state index in [2.05, 4.69) is 11.9 Å². The van der Waals surface area contributed by atoms with E-state index in [1.165, 1.54) is 0 Å². The lowest BCUT2D eigenvalue weighted by molar-refractivity contribution is 0.0819. The van der Waals surface area contributed by atoms with Crippen LogP contribution in [0.15, 0.2) is 65.7 Å². The maximum Gasteiger partial charge on any atom is 0.268 e. The summed E-state index contributed by atoms with van der Waals surface area (Å²) in [4.78, 5) is 3.75. The van der Waals surface area contributed by atoms with Crippen molar-refractivity contribution in [3.63, 3.8) is 0 Å². The number of phenols is 1. The highest BCUT2D eigenvalue weighted by Gasteiger charge is 2.22. The Balaban J connectivity index is 1.99. The number of phenolic OH excluding ortho intramolecular Hbond substituents is 1. The monoisotopic (exact) mass is 519 g/mol. The number of nitrogens with two attached hydrogens (primary N) is 2. The van der Waals surface area contributed by atoms with E-state index in [4.69, 9.17) is 20.9 Å². The molecule has 2 aromatic carbocycles. The summed E-state index contributed by atoms with van der Waals surface area (Å²) >= 11 is 0. The average molecular weight is 520 g/mol. The maximum atomic E-state index is 12.0. The summed E-state index contributed by atoms with van der Waals surface area (Å²) in [5, 5.41) is 8.62. The summed E-state index contributed by atoms with van der Waals surface area (Å²) in [6.07, 6.45) is 7.06. The van der Waals surface area contributed by atoms with Crippen molar-refractivity contribution in [1.82, 2.24) is 0 Å². The molecule has 0 aliphatic carbocycles. The van der Waals surface area contributed by atoms with Crippen molar-refractivity contribution < 1.29 is 27.6 Å². The van der Waals surface area contributed by atoms with Crippen LogP contribution in [0.4, 0.5) is 0 Å². The smallest absolute Gasteiger partial charge is 0.268 e. The van der Waals surface area contributed by atoms with E-state index in [0.717, 1.165) is 30.4 Å². The van der Waals surface area contributed by atoms with Crippen LogP contribution in [0.3, 0.4) is 0 Å². The number of allylic oxidation sites excluding steroid dienone is 1. The predicted molar refractivity (Wildman–Crippen MR) is 141 cm³/mol. The lowest BCUT2D eigenvalue weighted by atomic mass is 10.0. The third-order valence-electron chi connectivity index (χ3n) is 5.55. The quantitative estimate of drug-likeness (QED) is 0.0849. The van der Waals surface area contributed by atoms with E-state index in [-0.39, 0.29) is 37.4 Å². The molecule has 6 N–H and O–H groups in total. The van der Waals surface area contributed by atoms with Gasteiger partial charge in [0.2, 0.25) is 0 Å². The van der Waals surface area contributed by atoms with Crippen LogP contribution in [-0.2, 0) is 21.3 Å². The molecule has 0 saturated heterocycles.